The van der Waals surface area contributed by atoms with E-state index < -0.39 is 11.3 Å². The lowest BCUT2D eigenvalue weighted by molar-refractivity contribution is -0.131. The van der Waals surface area contributed by atoms with Crippen LogP contribution in [-0.4, -0.2) is 30.8 Å². The molecule has 0 saturated carbocycles. The highest BCUT2D eigenvalue weighted by atomic mass is 35.5. The lowest BCUT2D eigenvalue weighted by atomic mass is 9.81. The molecule has 1 rings (SSSR count). The van der Waals surface area contributed by atoms with Gasteiger partial charge in [-0.05, 0) is 30.5 Å². The van der Waals surface area contributed by atoms with Crippen LogP contribution in [0.4, 0.5) is 0 Å². The molecule has 0 spiro atoms. The smallest absolute Gasteiger partial charge is 0.251 e. The summed E-state index contributed by atoms with van der Waals surface area (Å²) in [5, 5.41) is 5.31. The van der Waals surface area contributed by atoms with Gasteiger partial charge in [0.05, 0.1) is 12.0 Å². The topological polar surface area (TPSA) is 127 Å². The predicted octanol–water partition coefficient (Wildman–Crippen LogP) is 0.705. The number of halogens is 1. The van der Waals surface area contributed by atoms with E-state index in [2.05, 4.69) is 10.6 Å². The Morgan fingerprint density at radius 2 is 1.60 bits per heavy atom. The summed E-state index contributed by atoms with van der Waals surface area (Å²) in [4.78, 5) is 34.8. The molecule has 0 radical (unpaired) electrons. The van der Waals surface area contributed by atoms with Crippen LogP contribution in [0.1, 0.15) is 42.6 Å². The van der Waals surface area contributed by atoms with Crippen LogP contribution in [0, 0.1) is 5.41 Å². The van der Waals surface area contributed by atoms with Gasteiger partial charge in [-0.1, -0.05) is 26.0 Å². The summed E-state index contributed by atoms with van der Waals surface area (Å²) in [7, 11) is 0. The average molecular weight is 371 g/mol. The summed E-state index contributed by atoms with van der Waals surface area (Å²) >= 11 is 0. The van der Waals surface area contributed by atoms with Crippen molar-refractivity contribution in [3.63, 3.8) is 0 Å². The van der Waals surface area contributed by atoms with Crippen LogP contribution in [0.2, 0.25) is 0 Å². The Labute approximate surface area is 154 Å². The van der Waals surface area contributed by atoms with Crippen LogP contribution in [0.25, 0.3) is 0 Å². The van der Waals surface area contributed by atoms with Crippen molar-refractivity contribution in [3.05, 3.63) is 35.4 Å². The maximum absolute atomic E-state index is 12.4. The minimum absolute atomic E-state index is 0. The van der Waals surface area contributed by atoms with Gasteiger partial charge < -0.3 is 22.1 Å². The summed E-state index contributed by atoms with van der Waals surface area (Å²) < 4.78 is 0. The minimum atomic E-state index is -0.599. The highest BCUT2D eigenvalue weighted by Gasteiger charge is 2.32. The van der Waals surface area contributed by atoms with E-state index in [4.69, 9.17) is 11.5 Å². The largest absolute Gasteiger partial charge is 0.368 e. The number of carbonyl (C=O) groups excluding carboxylic acids is 3. The van der Waals surface area contributed by atoms with Crippen molar-refractivity contribution in [2.45, 2.75) is 33.2 Å². The van der Waals surface area contributed by atoms with E-state index >= 15 is 0 Å². The fourth-order valence-electron chi connectivity index (χ4n) is 2.37. The molecule has 0 aromatic heterocycles. The highest BCUT2D eigenvalue weighted by molar-refractivity contribution is 5.96. The number of amides is 3. The molecule has 0 saturated heterocycles. The van der Waals surface area contributed by atoms with Gasteiger partial charge in [-0.25, -0.2) is 0 Å². The quantitative estimate of drug-likeness (QED) is 0.510. The number of primary amides is 1. The first kappa shape index (κ1) is 22.9. The second-order valence-electron chi connectivity index (χ2n) is 5.72. The first-order valence-electron chi connectivity index (χ1n) is 8.02. The van der Waals surface area contributed by atoms with Crippen LogP contribution in [0.5, 0.6) is 0 Å². The molecule has 140 valence electrons. The lowest BCUT2D eigenvalue weighted by Crippen LogP contribution is -2.45. The Morgan fingerprint density at radius 3 is 2.04 bits per heavy atom. The van der Waals surface area contributed by atoms with Gasteiger partial charge >= 0.3 is 0 Å². The summed E-state index contributed by atoms with van der Waals surface area (Å²) in [5.74, 6) is -1.03. The number of nitrogens with one attached hydrogen (secondary N) is 2. The third-order valence-corrected chi connectivity index (χ3v) is 4.32. The third-order valence-electron chi connectivity index (χ3n) is 4.32. The minimum Gasteiger partial charge on any atom is -0.368 e. The third kappa shape index (κ3) is 6.36. The molecule has 1 aromatic rings. The number of hydrogen-bond acceptors (Lipinski definition) is 4. The van der Waals surface area contributed by atoms with Gasteiger partial charge in [0.25, 0.3) is 5.91 Å². The van der Waals surface area contributed by atoms with Gasteiger partial charge in [0, 0.05) is 18.7 Å². The number of nitrogens with two attached hydrogens (primary N) is 2. The van der Waals surface area contributed by atoms with E-state index in [9.17, 15) is 14.4 Å². The average Bonchev–Trinajstić information content (AvgIpc) is 2.60. The van der Waals surface area contributed by atoms with Gasteiger partial charge in [-0.2, -0.15) is 0 Å². The molecule has 25 heavy (non-hydrogen) atoms. The molecular weight excluding hydrogens is 344 g/mol. The van der Waals surface area contributed by atoms with Crippen LogP contribution < -0.4 is 22.1 Å². The molecular formula is C17H27ClN4O3. The zero-order valence-electron chi connectivity index (χ0n) is 14.6. The van der Waals surface area contributed by atoms with E-state index in [1.54, 1.807) is 24.3 Å². The van der Waals surface area contributed by atoms with Crippen LogP contribution in [-0.2, 0) is 16.1 Å². The van der Waals surface area contributed by atoms with E-state index in [1.165, 1.54) is 0 Å². The van der Waals surface area contributed by atoms with Crippen molar-refractivity contribution in [3.8, 4) is 0 Å². The molecule has 0 fully saturated rings. The van der Waals surface area contributed by atoms with E-state index in [0.29, 0.717) is 31.5 Å². The summed E-state index contributed by atoms with van der Waals surface area (Å²) in [5.41, 5.74) is 11.5. The van der Waals surface area contributed by atoms with Crippen molar-refractivity contribution in [2.24, 2.45) is 16.9 Å². The van der Waals surface area contributed by atoms with E-state index in [1.807, 2.05) is 13.8 Å². The van der Waals surface area contributed by atoms with Gasteiger partial charge in [-0.3, -0.25) is 14.4 Å². The van der Waals surface area contributed by atoms with Gasteiger partial charge in [0.2, 0.25) is 11.8 Å². The van der Waals surface area contributed by atoms with Crippen molar-refractivity contribution in [1.82, 2.24) is 10.6 Å². The molecule has 0 unspecified atom stereocenters. The molecule has 0 aliphatic carbocycles. The number of hydrogen-bond donors (Lipinski definition) is 4. The zero-order valence-corrected chi connectivity index (χ0v) is 15.4. The number of carbonyl (C=O) groups is 3. The fraction of sp³-hybridized carbons (Fsp3) is 0.471. The monoisotopic (exact) mass is 370 g/mol. The Kier molecular flexibility index (Phi) is 9.78. The van der Waals surface area contributed by atoms with Crippen LogP contribution in [0.15, 0.2) is 24.3 Å². The molecule has 8 heteroatoms. The molecule has 0 bridgehead atoms. The Hall–Kier alpha value is -2.12. The number of benzene rings is 1. The van der Waals surface area contributed by atoms with E-state index in [-0.39, 0.29) is 30.8 Å². The Bertz CT molecular complexity index is 578. The summed E-state index contributed by atoms with van der Waals surface area (Å²) in [6, 6.07) is 6.77. The maximum Gasteiger partial charge on any atom is 0.251 e. The first-order chi connectivity index (χ1) is 11.4. The molecule has 1 aromatic carbocycles. The lowest BCUT2D eigenvalue weighted by Gasteiger charge is -2.28. The summed E-state index contributed by atoms with van der Waals surface area (Å²) in [6.07, 6.45) is 1.37. The maximum atomic E-state index is 12.4. The molecule has 6 N–H and O–H groups in total. The standard InChI is InChI=1S/C17H26N4O3.ClH/c1-3-17(4-2,11-18)16(24)21-9-12-5-7-13(8-6-12)15(23)20-10-14(19)22;/h5-8H,3-4,9-11,18H2,1-2H3,(H2,19,22)(H,20,23)(H,21,24);1H. The van der Waals surface area contributed by atoms with Gasteiger partial charge in [0.15, 0.2) is 0 Å². The van der Waals surface area contributed by atoms with Crippen molar-refractivity contribution in [2.75, 3.05) is 13.1 Å². The molecule has 0 aliphatic rings. The second kappa shape index (κ2) is 10.7. The SMILES string of the molecule is CCC(CC)(CN)C(=O)NCc1ccc(C(=O)NCC(N)=O)cc1.Cl. The Balaban J connectivity index is 0.00000576. The van der Waals surface area contributed by atoms with Crippen molar-refractivity contribution >= 4 is 30.1 Å². The van der Waals surface area contributed by atoms with Crippen LogP contribution >= 0.6 is 12.4 Å². The molecule has 0 atom stereocenters. The fourth-order valence-corrected chi connectivity index (χ4v) is 2.37. The van der Waals surface area contributed by atoms with Gasteiger partial charge in [-0.15, -0.1) is 12.4 Å². The molecule has 7 nitrogen and oxygen atoms in total. The normalized spacial score (nSPS) is 10.5. The van der Waals surface area contributed by atoms with Crippen molar-refractivity contribution in [1.29, 1.82) is 0 Å². The first-order valence-corrected chi connectivity index (χ1v) is 8.02. The van der Waals surface area contributed by atoms with Gasteiger partial charge in [0.1, 0.15) is 0 Å². The predicted molar refractivity (Wildman–Crippen MR) is 99.1 cm³/mol. The molecule has 0 heterocycles. The number of rotatable bonds is 9. The Morgan fingerprint density at radius 1 is 1.04 bits per heavy atom. The van der Waals surface area contributed by atoms with Crippen molar-refractivity contribution < 1.29 is 14.4 Å². The molecule has 3 amide bonds. The molecule has 0 aliphatic heterocycles. The second-order valence-corrected chi connectivity index (χ2v) is 5.72. The summed E-state index contributed by atoms with van der Waals surface area (Å²) in [6.45, 7) is 4.38. The van der Waals surface area contributed by atoms with E-state index in [0.717, 1.165) is 5.56 Å². The highest BCUT2D eigenvalue weighted by Crippen LogP contribution is 2.25. The van der Waals surface area contributed by atoms with Crippen LogP contribution in [0.3, 0.4) is 0 Å². The zero-order chi connectivity index (χ0) is 18.2.